The molecular weight excluding hydrogens is 304 g/mol. The molecule has 0 saturated carbocycles. The minimum absolute atomic E-state index is 0.135. The van der Waals surface area contributed by atoms with E-state index in [9.17, 15) is 9.59 Å². The van der Waals surface area contributed by atoms with Crippen molar-refractivity contribution >= 4 is 11.9 Å². The third kappa shape index (κ3) is 4.22. The van der Waals surface area contributed by atoms with E-state index in [0.29, 0.717) is 17.9 Å². The maximum atomic E-state index is 12.3. The Labute approximate surface area is 142 Å². The number of esters is 2. The van der Waals surface area contributed by atoms with Gasteiger partial charge in [-0.25, -0.2) is 4.79 Å². The number of para-hydroxylation sites is 1. The van der Waals surface area contributed by atoms with Crippen LogP contribution in [0.15, 0.2) is 54.6 Å². The largest absolute Gasteiger partial charge is 0.466 e. The summed E-state index contributed by atoms with van der Waals surface area (Å²) in [5.41, 5.74) is 1.29. The predicted octanol–water partition coefficient (Wildman–Crippen LogP) is 4.21. The summed E-state index contributed by atoms with van der Waals surface area (Å²) in [5, 5.41) is 0. The Morgan fingerprint density at radius 2 is 1.58 bits per heavy atom. The second-order valence-electron chi connectivity index (χ2n) is 5.62. The van der Waals surface area contributed by atoms with Crippen molar-refractivity contribution < 1.29 is 19.1 Å². The SMILES string of the molecule is CCOC(=O)C(C)C(C)c1ccccc1OC(=O)c1ccccc1. The van der Waals surface area contributed by atoms with Gasteiger partial charge >= 0.3 is 11.9 Å². The number of carbonyl (C=O) groups excluding carboxylic acids is 2. The average Bonchev–Trinajstić information content (AvgIpc) is 2.62. The molecule has 0 bridgehead atoms. The maximum Gasteiger partial charge on any atom is 0.343 e. The van der Waals surface area contributed by atoms with Crippen LogP contribution in [0, 0.1) is 5.92 Å². The molecule has 4 nitrogen and oxygen atoms in total. The highest BCUT2D eigenvalue weighted by molar-refractivity contribution is 5.91. The van der Waals surface area contributed by atoms with Crippen LogP contribution in [0.5, 0.6) is 5.75 Å². The number of benzene rings is 2. The Morgan fingerprint density at radius 1 is 0.958 bits per heavy atom. The zero-order valence-electron chi connectivity index (χ0n) is 14.2. The Hall–Kier alpha value is -2.62. The Morgan fingerprint density at radius 3 is 2.25 bits per heavy atom. The summed E-state index contributed by atoms with van der Waals surface area (Å²) < 4.78 is 10.6. The van der Waals surface area contributed by atoms with Gasteiger partial charge in [0.2, 0.25) is 0 Å². The quantitative estimate of drug-likeness (QED) is 0.589. The zero-order valence-corrected chi connectivity index (χ0v) is 14.2. The van der Waals surface area contributed by atoms with Crippen LogP contribution in [0.2, 0.25) is 0 Å². The average molecular weight is 326 g/mol. The van der Waals surface area contributed by atoms with E-state index in [-0.39, 0.29) is 17.8 Å². The van der Waals surface area contributed by atoms with Gasteiger partial charge in [-0.2, -0.15) is 0 Å². The van der Waals surface area contributed by atoms with E-state index >= 15 is 0 Å². The molecule has 0 aliphatic rings. The van der Waals surface area contributed by atoms with Crippen LogP contribution in [-0.2, 0) is 9.53 Å². The smallest absolute Gasteiger partial charge is 0.343 e. The second-order valence-corrected chi connectivity index (χ2v) is 5.62. The molecule has 0 aromatic heterocycles. The summed E-state index contributed by atoms with van der Waals surface area (Å²) in [4.78, 5) is 24.3. The van der Waals surface area contributed by atoms with E-state index in [4.69, 9.17) is 9.47 Å². The normalized spacial score (nSPS) is 13.0. The first-order chi connectivity index (χ1) is 11.5. The van der Waals surface area contributed by atoms with Crippen molar-refractivity contribution in [3.63, 3.8) is 0 Å². The summed E-state index contributed by atoms with van der Waals surface area (Å²) in [6, 6.07) is 16.1. The molecule has 0 aliphatic carbocycles. The van der Waals surface area contributed by atoms with Crippen LogP contribution in [-0.4, -0.2) is 18.5 Å². The molecule has 2 unspecified atom stereocenters. The van der Waals surface area contributed by atoms with E-state index in [1.165, 1.54) is 0 Å². The molecule has 2 aromatic rings. The van der Waals surface area contributed by atoms with Gasteiger partial charge in [0.25, 0.3) is 0 Å². The van der Waals surface area contributed by atoms with Gasteiger partial charge in [-0.05, 0) is 36.6 Å². The summed E-state index contributed by atoms with van der Waals surface area (Å²) >= 11 is 0. The lowest BCUT2D eigenvalue weighted by Gasteiger charge is -2.21. The van der Waals surface area contributed by atoms with Crippen molar-refractivity contribution in [2.45, 2.75) is 26.7 Å². The number of hydrogen-bond acceptors (Lipinski definition) is 4. The Kier molecular flexibility index (Phi) is 6.13. The van der Waals surface area contributed by atoms with Crippen LogP contribution >= 0.6 is 0 Å². The van der Waals surface area contributed by atoms with E-state index in [2.05, 4.69) is 0 Å². The summed E-state index contributed by atoms with van der Waals surface area (Å²) in [5.74, 6) is -0.673. The van der Waals surface area contributed by atoms with Crippen LogP contribution in [0.1, 0.15) is 42.6 Å². The van der Waals surface area contributed by atoms with E-state index in [1.807, 2.05) is 32.0 Å². The van der Waals surface area contributed by atoms with Gasteiger partial charge < -0.3 is 9.47 Å². The van der Waals surface area contributed by atoms with E-state index in [1.54, 1.807) is 43.3 Å². The van der Waals surface area contributed by atoms with Gasteiger partial charge in [-0.1, -0.05) is 50.2 Å². The molecule has 0 aliphatic heterocycles. The first-order valence-corrected chi connectivity index (χ1v) is 8.07. The summed E-state index contributed by atoms with van der Waals surface area (Å²) in [6.45, 7) is 5.88. The Balaban J connectivity index is 2.21. The highest BCUT2D eigenvalue weighted by atomic mass is 16.5. The van der Waals surface area contributed by atoms with Crippen molar-refractivity contribution in [2.24, 2.45) is 5.92 Å². The van der Waals surface area contributed by atoms with Crippen molar-refractivity contribution in [3.05, 3.63) is 65.7 Å². The maximum absolute atomic E-state index is 12.3. The fourth-order valence-corrected chi connectivity index (χ4v) is 2.43. The fraction of sp³-hybridized carbons (Fsp3) is 0.300. The van der Waals surface area contributed by atoms with Crippen LogP contribution in [0.25, 0.3) is 0 Å². The monoisotopic (exact) mass is 326 g/mol. The lowest BCUT2D eigenvalue weighted by molar-refractivity contribution is -0.148. The molecule has 0 fully saturated rings. The molecule has 126 valence electrons. The van der Waals surface area contributed by atoms with Gasteiger partial charge in [0.05, 0.1) is 18.1 Å². The number of hydrogen-bond donors (Lipinski definition) is 0. The van der Waals surface area contributed by atoms with Crippen molar-refractivity contribution in [1.29, 1.82) is 0 Å². The van der Waals surface area contributed by atoms with E-state index < -0.39 is 5.97 Å². The molecule has 0 N–H and O–H groups in total. The number of rotatable bonds is 6. The molecule has 0 radical (unpaired) electrons. The van der Waals surface area contributed by atoms with Gasteiger partial charge in [-0.3, -0.25) is 4.79 Å². The minimum Gasteiger partial charge on any atom is -0.466 e. The second kappa shape index (κ2) is 8.29. The van der Waals surface area contributed by atoms with E-state index in [0.717, 1.165) is 5.56 Å². The minimum atomic E-state index is -0.418. The molecule has 2 atom stereocenters. The molecule has 0 amide bonds. The predicted molar refractivity (Wildman–Crippen MR) is 92.1 cm³/mol. The molecule has 0 saturated heterocycles. The molecule has 4 heteroatoms. The molecule has 2 aromatic carbocycles. The summed E-state index contributed by atoms with van der Waals surface area (Å²) in [7, 11) is 0. The molecule has 2 rings (SSSR count). The summed E-state index contributed by atoms with van der Waals surface area (Å²) in [6.07, 6.45) is 0. The van der Waals surface area contributed by atoms with Crippen molar-refractivity contribution in [3.8, 4) is 5.75 Å². The fourth-order valence-electron chi connectivity index (χ4n) is 2.43. The number of ether oxygens (including phenoxy) is 2. The number of carbonyl (C=O) groups is 2. The Bertz CT molecular complexity index is 694. The molecule has 0 heterocycles. The molecule has 0 spiro atoms. The third-order valence-electron chi connectivity index (χ3n) is 4.03. The van der Waals surface area contributed by atoms with Crippen LogP contribution < -0.4 is 4.74 Å². The molecular formula is C20H22O4. The van der Waals surface area contributed by atoms with Gasteiger partial charge in [0.1, 0.15) is 5.75 Å². The topological polar surface area (TPSA) is 52.6 Å². The highest BCUT2D eigenvalue weighted by Gasteiger charge is 2.25. The highest BCUT2D eigenvalue weighted by Crippen LogP contribution is 2.32. The van der Waals surface area contributed by atoms with Crippen LogP contribution in [0.4, 0.5) is 0 Å². The first kappa shape index (κ1) is 17.7. The van der Waals surface area contributed by atoms with Gasteiger partial charge in [-0.15, -0.1) is 0 Å². The zero-order chi connectivity index (χ0) is 17.5. The van der Waals surface area contributed by atoms with Gasteiger partial charge in [0, 0.05) is 0 Å². The van der Waals surface area contributed by atoms with Crippen molar-refractivity contribution in [1.82, 2.24) is 0 Å². The lowest BCUT2D eigenvalue weighted by Crippen LogP contribution is -2.21. The van der Waals surface area contributed by atoms with Gasteiger partial charge in [0.15, 0.2) is 0 Å². The first-order valence-electron chi connectivity index (χ1n) is 8.07. The third-order valence-corrected chi connectivity index (χ3v) is 4.03. The lowest BCUT2D eigenvalue weighted by atomic mass is 9.88. The van der Waals surface area contributed by atoms with Crippen molar-refractivity contribution in [2.75, 3.05) is 6.61 Å². The van der Waals surface area contributed by atoms with Crippen LogP contribution in [0.3, 0.4) is 0 Å². The molecule has 24 heavy (non-hydrogen) atoms. The standard InChI is InChI=1S/C20H22O4/c1-4-23-19(21)15(3)14(2)17-12-8-9-13-18(17)24-20(22)16-10-6-5-7-11-16/h5-15H,4H2,1-3H3.